The molecule has 0 unspecified atom stereocenters. The highest BCUT2D eigenvalue weighted by Crippen LogP contribution is 2.31. The van der Waals surface area contributed by atoms with Gasteiger partial charge in [0.05, 0.1) is 15.5 Å². The third-order valence-electron chi connectivity index (χ3n) is 3.09. The molecule has 21 heavy (non-hydrogen) atoms. The van der Waals surface area contributed by atoms with Crippen LogP contribution in [-0.2, 0) is 19.6 Å². The average Bonchev–Trinajstić information content (AvgIpc) is 2.36. The first-order valence-corrected chi connectivity index (χ1v) is 7.77. The number of halogens is 2. The van der Waals surface area contributed by atoms with Crippen LogP contribution < -0.4 is 0 Å². The minimum absolute atomic E-state index is 0.0254. The third-order valence-corrected chi connectivity index (χ3v) is 5.17. The number of rotatable bonds is 5. The highest BCUT2D eigenvalue weighted by atomic mass is 35.5. The van der Waals surface area contributed by atoms with Crippen molar-refractivity contribution < 1.29 is 27.4 Å². The maximum atomic E-state index is 13.1. The molecule has 0 aromatic heterocycles. The molecule has 1 saturated heterocycles. The van der Waals surface area contributed by atoms with Gasteiger partial charge in [-0.1, -0.05) is 11.6 Å². The molecule has 1 aromatic rings. The van der Waals surface area contributed by atoms with Gasteiger partial charge in [0.25, 0.3) is 0 Å². The van der Waals surface area contributed by atoms with Crippen LogP contribution in [0.5, 0.6) is 0 Å². The van der Waals surface area contributed by atoms with Gasteiger partial charge in [-0.25, -0.2) is 17.6 Å². The molecule has 1 N–H and O–H groups in total. The van der Waals surface area contributed by atoms with Crippen LogP contribution in [0, 0.1) is 5.82 Å². The zero-order valence-electron chi connectivity index (χ0n) is 11.0. The Labute approximate surface area is 126 Å². The van der Waals surface area contributed by atoms with E-state index in [1.807, 2.05) is 0 Å². The molecule has 2 rings (SSSR count). The number of carbonyl (C=O) groups is 1. The van der Waals surface area contributed by atoms with Gasteiger partial charge in [-0.05, 0) is 25.1 Å². The largest absolute Gasteiger partial charge is 0.480 e. The highest BCUT2D eigenvalue weighted by Gasteiger charge is 2.46. The number of nitrogens with zero attached hydrogens (tertiary/aromatic N) is 1. The minimum atomic E-state index is -3.80. The number of benzene rings is 1. The van der Waals surface area contributed by atoms with Crippen molar-refractivity contribution in [3.05, 3.63) is 29.0 Å². The van der Waals surface area contributed by atoms with Gasteiger partial charge >= 0.3 is 5.97 Å². The van der Waals surface area contributed by atoms with E-state index >= 15 is 0 Å². The van der Waals surface area contributed by atoms with Crippen molar-refractivity contribution in [2.24, 2.45) is 0 Å². The average molecular weight is 338 g/mol. The predicted octanol–water partition coefficient (Wildman–Crippen LogP) is 1.34. The van der Waals surface area contributed by atoms with Crippen LogP contribution in [0.3, 0.4) is 0 Å². The monoisotopic (exact) mass is 337 g/mol. The molecule has 0 amide bonds. The van der Waals surface area contributed by atoms with E-state index in [2.05, 4.69) is 0 Å². The summed E-state index contributed by atoms with van der Waals surface area (Å²) < 4.78 is 43.9. The van der Waals surface area contributed by atoms with E-state index in [0.717, 1.165) is 22.5 Å². The van der Waals surface area contributed by atoms with Gasteiger partial charge < -0.3 is 9.84 Å². The first-order chi connectivity index (χ1) is 9.64. The summed E-state index contributed by atoms with van der Waals surface area (Å²) >= 11 is 5.58. The van der Waals surface area contributed by atoms with Crippen molar-refractivity contribution in [1.82, 2.24) is 4.31 Å². The summed E-state index contributed by atoms with van der Waals surface area (Å²) in [6.07, 6.45) is 0. The summed E-state index contributed by atoms with van der Waals surface area (Å²) in [5.41, 5.74) is -0.838. The van der Waals surface area contributed by atoms with Crippen molar-refractivity contribution in [2.45, 2.75) is 17.4 Å². The Morgan fingerprint density at radius 3 is 2.67 bits per heavy atom. The number of aliphatic carboxylic acids is 1. The molecule has 9 heteroatoms. The van der Waals surface area contributed by atoms with Crippen LogP contribution in [0.25, 0.3) is 0 Å². The third kappa shape index (κ3) is 3.34. The zero-order chi connectivity index (χ0) is 15.8. The van der Waals surface area contributed by atoms with Crippen molar-refractivity contribution in [2.75, 3.05) is 19.7 Å². The van der Waals surface area contributed by atoms with E-state index < -0.39 is 34.0 Å². The molecular weight excluding hydrogens is 325 g/mol. The summed E-state index contributed by atoms with van der Waals surface area (Å²) in [5, 5.41) is 8.27. The van der Waals surface area contributed by atoms with E-state index in [-0.39, 0.29) is 23.0 Å². The van der Waals surface area contributed by atoms with E-state index in [0.29, 0.717) is 0 Å². The minimum Gasteiger partial charge on any atom is -0.480 e. The summed E-state index contributed by atoms with van der Waals surface area (Å²) in [4.78, 5) is 10.3. The maximum absolute atomic E-state index is 13.1. The Morgan fingerprint density at radius 2 is 2.14 bits per heavy atom. The molecule has 1 aromatic carbocycles. The summed E-state index contributed by atoms with van der Waals surface area (Å²) in [7, 11) is -3.80. The van der Waals surface area contributed by atoms with Gasteiger partial charge in [-0.3, -0.25) is 0 Å². The predicted molar refractivity (Wildman–Crippen MR) is 72.2 cm³/mol. The van der Waals surface area contributed by atoms with E-state index in [1.54, 1.807) is 6.92 Å². The molecule has 0 bridgehead atoms. The number of carboxylic acids is 1. The number of carboxylic acid groups (broad SMARTS) is 1. The lowest BCUT2D eigenvalue weighted by molar-refractivity contribution is -0.157. The lowest BCUT2D eigenvalue weighted by Crippen LogP contribution is -2.63. The number of hydrogen-bond acceptors (Lipinski definition) is 4. The first-order valence-electron chi connectivity index (χ1n) is 5.95. The van der Waals surface area contributed by atoms with Gasteiger partial charge in [-0.2, -0.15) is 4.31 Å². The lowest BCUT2D eigenvalue weighted by atomic mass is 10.0. The van der Waals surface area contributed by atoms with E-state index in [4.69, 9.17) is 21.4 Å². The Kier molecular flexibility index (Phi) is 4.25. The Hall–Kier alpha value is -1.22. The standard InChI is InChI=1S/C12H13ClFNO5S/c1-12(20-5-11(16)17)6-15(7-12)21(18,19)8-2-3-10(14)9(13)4-8/h2-4H,5-7H2,1H3,(H,16,17). The normalized spacial score (nSPS) is 18.2. The van der Waals surface area contributed by atoms with Crippen LogP contribution in [0.2, 0.25) is 5.02 Å². The van der Waals surface area contributed by atoms with E-state index in [1.165, 1.54) is 0 Å². The molecule has 6 nitrogen and oxygen atoms in total. The summed E-state index contributed by atoms with van der Waals surface area (Å²) in [6, 6.07) is 3.15. The SMILES string of the molecule is CC1(OCC(=O)O)CN(S(=O)(=O)c2ccc(F)c(Cl)c2)C1. The first kappa shape index (κ1) is 16.2. The van der Waals surface area contributed by atoms with Gasteiger partial charge in [0.1, 0.15) is 12.4 Å². The van der Waals surface area contributed by atoms with Crippen LogP contribution in [0.4, 0.5) is 4.39 Å². The lowest BCUT2D eigenvalue weighted by Gasteiger charge is -2.46. The fourth-order valence-electron chi connectivity index (χ4n) is 1.98. The quantitative estimate of drug-likeness (QED) is 0.876. The molecule has 116 valence electrons. The Bertz CT molecular complexity index is 672. The molecule has 0 saturated carbocycles. The van der Waals surface area contributed by atoms with Crippen LogP contribution in [-0.4, -0.2) is 49.1 Å². The van der Waals surface area contributed by atoms with Gasteiger partial charge in [-0.15, -0.1) is 0 Å². The smallest absolute Gasteiger partial charge is 0.329 e. The fourth-order valence-corrected chi connectivity index (χ4v) is 3.92. The van der Waals surface area contributed by atoms with Crippen molar-refractivity contribution >= 4 is 27.6 Å². The molecule has 0 spiro atoms. The topological polar surface area (TPSA) is 83.9 Å². The van der Waals surface area contributed by atoms with Crippen molar-refractivity contribution in [1.29, 1.82) is 0 Å². The molecule has 0 radical (unpaired) electrons. The Balaban J connectivity index is 2.09. The summed E-state index contributed by atoms with van der Waals surface area (Å²) in [5.74, 6) is -1.82. The molecule has 0 aliphatic carbocycles. The second kappa shape index (κ2) is 5.53. The van der Waals surface area contributed by atoms with E-state index in [9.17, 15) is 17.6 Å². The maximum Gasteiger partial charge on any atom is 0.329 e. The molecule has 1 fully saturated rings. The van der Waals surface area contributed by atoms with Crippen molar-refractivity contribution in [3.8, 4) is 0 Å². The molecule has 0 atom stereocenters. The Morgan fingerprint density at radius 1 is 1.52 bits per heavy atom. The second-order valence-electron chi connectivity index (χ2n) is 4.98. The molecular formula is C12H13ClFNO5S. The van der Waals surface area contributed by atoms with Gasteiger partial charge in [0.2, 0.25) is 10.0 Å². The van der Waals surface area contributed by atoms with Crippen molar-refractivity contribution in [3.63, 3.8) is 0 Å². The highest BCUT2D eigenvalue weighted by molar-refractivity contribution is 7.89. The van der Waals surface area contributed by atoms with Crippen LogP contribution in [0.15, 0.2) is 23.1 Å². The van der Waals surface area contributed by atoms with Crippen LogP contribution >= 0.6 is 11.6 Å². The fraction of sp³-hybridized carbons (Fsp3) is 0.417. The number of sulfonamides is 1. The second-order valence-corrected chi connectivity index (χ2v) is 7.33. The van der Waals surface area contributed by atoms with Gasteiger partial charge in [0, 0.05) is 13.1 Å². The zero-order valence-corrected chi connectivity index (χ0v) is 12.6. The number of hydrogen-bond donors (Lipinski definition) is 1. The molecule has 1 heterocycles. The molecule has 1 aliphatic heterocycles. The van der Waals surface area contributed by atoms with Crippen LogP contribution in [0.1, 0.15) is 6.92 Å². The molecule has 1 aliphatic rings. The van der Waals surface area contributed by atoms with Gasteiger partial charge in [0.15, 0.2) is 0 Å². The number of ether oxygens (including phenoxy) is 1. The summed E-state index contributed by atoms with van der Waals surface area (Å²) in [6.45, 7) is 1.18.